The zero-order valence-electron chi connectivity index (χ0n) is 26.5. The second kappa shape index (κ2) is 9.64. The Kier molecular flexibility index (Phi) is 5.44. The molecule has 47 heavy (non-hydrogen) atoms. The first-order valence-electron chi connectivity index (χ1n) is 16.6. The highest BCUT2D eigenvalue weighted by molar-refractivity contribution is 6.26. The molecule has 0 unspecified atom stereocenters. The molecule has 0 radical (unpaired) electrons. The average Bonchev–Trinajstić information content (AvgIpc) is 3.35. The molecule has 0 fully saturated rings. The Labute approximate surface area is 274 Å². The fourth-order valence-electron chi connectivity index (χ4n) is 8.47. The van der Waals surface area contributed by atoms with E-state index in [1.807, 2.05) is 0 Å². The summed E-state index contributed by atoms with van der Waals surface area (Å²) in [7, 11) is 0. The minimum absolute atomic E-state index is 0.108. The number of hydrogen-bond donors (Lipinski definition) is 0. The summed E-state index contributed by atoms with van der Waals surface area (Å²) >= 11 is 0. The Morgan fingerprint density at radius 1 is 0.319 bits per heavy atom. The molecule has 1 aliphatic carbocycles. The van der Waals surface area contributed by atoms with E-state index in [1.165, 1.54) is 98.4 Å². The van der Waals surface area contributed by atoms with Crippen LogP contribution in [0.15, 0.2) is 158 Å². The second-order valence-electron chi connectivity index (χ2n) is 13.7. The second-order valence-corrected chi connectivity index (χ2v) is 13.7. The van der Waals surface area contributed by atoms with Crippen molar-refractivity contribution in [3.63, 3.8) is 0 Å². The number of hydrogen-bond acceptors (Lipinski definition) is 0. The quantitative estimate of drug-likeness (QED) is 0.138. The Morgan fingerprint density at radius 3 is 1.36 bits per heavy atom. The van der Waals surface area contributed by atoms with E-state index >= 15 is 0 Å². The topological polar surface area (TPSA) is 0 Å². The monoisotopic (exact) mass is 596 g/mol. The van der Waals surface area contributed by atoms with Crippen LogP contribution in [-0.2, 0) is 5.41 Å². The maximum Gasteiger partial charge on any atom is 0.0159 e. The first kappa shape index (κ1) is 26.5. The third-order valence-corrected chi connectivity index (χ3v) is 10.8. The lowest BCUT2D eigenvalue weighted by Gasteiger charge is -2.23. The lowest BCUT2D eigenvalue weighted by Crippen LogP contribution is -2.15. The molecule has 0 saturated heterocycles. The van der Waals surface area contributed by atoms with Gasteiger partial charge in [0.2, 0.25) is 0 Å². The van der Waals surface area contributed by atoms with Crippen LogP contribution in [-0.4, -0.2) is 0 Å². The third kappa shape index (κ3) is 3.76. The highest BCUT2D eigenvalue weighted by atomic mass is 14.4. The molecule has 9 aromatic carbocycles. The van der Waals surface area contributed by atoms with Gasteiger partial charge in [-0.05, 0) is 123 Å². The molecule has 1 aliphatic rings. The first-order valence-corrected chi connectivity index (χ1v) is 16.6. The van der Waals surface area contributed by atoms with Gasteiger partial charge in [-0.25, -0.2) is 0 Å². The molecular formula is C47H32. The van der Waals surface area contributed by atoms with Crippen molar-refractivity contribution < 1.29 is 0 Å². The van der Waals surface area contributed by atoms with Gasteiger partial charge in [-0.15, -0.1) is 0 Å². The van der Waals surface area contributed by atoms with E-state index in [9.17, 15) is 0 Å². The summed E-state index contributed by atoms with van der Waals surface area (Å²) in [6.45, 7) is 4.79. The summed E-state index contributed by atoms with van der Waals surface area (Å²) in [5.41, 5.74) is 10.5. The molecule has 0 heterocycles. The molecule has 0 bridgehead atoms. The van der Waals surface area contributed by atoms with Crippen molar-refractivity contribution in [3.05, 3.63) is 169 Å². The van der Waals surface area contributed by atoms with Crippen molar-refractivity contribution in [1.29, 1.82) is 0 Å². The Balaban J connectivity index is 1.11. The van der Waals surface area contributed by atoms with Crippen molar-refractivity contribution in [1.82, 2.24) is 0 Å². The van der Waals surface area contributed by atoms with Gasteiger partial charge in [0.1, 0.15) is 0 Å². The Hall–Kier alpha value is -5.72. The van der Waals surface area contributed by atoms with Crippen LogP contribution < -0.4 is 0 Å². The van der Waals surface area contributed by atoms with Gasteiger partial charge in [0.25, 0.3) is 0 Å². The van der Waals surface area contributed by atoms with Gasteiger partial charge in [0, 0.05) is 5.41 Å². The summed E-state index contributed by atoms with van der Waals surface area (Å²) in [4.78, 5) is 0. The minimum Gasteiger partial charge on any atom is -0.0616 e. The van der Waals surface area contributed by atoms with Crippen LogP contribution in [0.4, 0.5) is 0 Å². The van der Waals surface area contributed by atoms with Gasteiger partial charge in [0.05, 0.1) is 0 Å². The number of fused-ring (bicyclic) bond motifs is 11. The molecule has 0 aliphatic heterocycles. The van der Waals surface area contributed by atoms with Crippen LogP contribution in [0.2, 0.25) is 0 Å². The van der Waals surface area contributed by atoms with E-state index < -0.39 is 0 Å². The molecule has 9 aromatic rings. The molecule has 0 nitrogen and oxygen atoms in total. The predicted molar refractivity (Wildman–Crippen MR) is 202 cm³/mol. The van der Waals surface area contributed by atoms with Crippen LogP contribution in [0.1, 0.15) is 25.0 Å². The summed E-state index contributed by atoms with van der Waals surface area (Å²) in [5, 5.41) is 13.1. The van der Waals surface area contributed by atoms with Gasteiger partial charge < -0.3 is 0 Å². The van der Waals surface area contributed by atoms with Crippen molar-refractivity contribution in [2.75, 3.05) is 0 Å². The van der Waals surface area contributed by atoms with Crippen LogP contribution in [0.3, 0.4) is 0 Å². The molecule has 10 rings (SSSR count). The minimum atomic E-state index is -0.108. The largest absolute Gasteiger partial charge is 0.0616 e. The lowest BCUT2D eigenvalue weighted by atomic mass is 9.80. The van der Waals surface area contributed by atoms with Gasteiger partial charge in [-0.3, -0.25) is 0 Å². The highest BCUT2D eigenvalue weighted by Crippen LogP contribution is 2.52. The van der Waals surface area contributed by atoms with E-state index in [2.05, 4.69) is 172 Å². The Morgan fingerprint density at radius 2 is 0.766 bits per heavy atom. The summed E-state index contributed by atoms with van der Waals surface area (Å²) < 4.78 is 0. The van der Waals surface area contributed by atoms with E-state index in [1.54, 1.807) is 0 Å². The third-order valence-electron chi connectivity index (χ3n) is 10.8. The maximum atomic E-state index is 2.49. The van der Waals surface area contributed by atoms with Crippen molar-refractivity contribution in [3.8, 4) is 33.4 Å². The normalized spacial score (nSPS) is 13.5. The SMILES string of the molecule is CC1(C)c2cc(-c3ccc(-c4c5ccccc5cc5ccccc45)cc3)ccc2-c2cc3c4ccccc4c4ccccc4c3cc21. The maximum absolute atomic E-state index is 2.49. The zero-order chi connectivity index (χ0) is 31.3. The fourth-order valence-corrected chi connectivity index (χ4v) is 8.47. The summed E-state index contributed by atoms with van der Waals surface area (Å²) in [6.07, 6.45) is 0. The lowest BCUT2D eigenvalue weighted by molar-refractivity contribution is 0.661. The summed E-state index contributed by atoms with van der Waals surface area (Å²) in [6, 6.07) is 58.8. The van der Waals surface area contributed by atoms with Gasteiger partial charge >= 0.3 is 0 Å². The molecule has 0 amide bonds. The smallest absolute Gasteiger partial charge is 0.0159 e. The van der Waals surface area contributed by atoms with E-state index in [-0.39, 0.29) is 5.41 Å². The van der Waals surface area contributed by atoms with E-state index in [4.69, 9.17) is 0 Å². The molecule has 0 heteroatoms. The van der Waals surface area contributed by atoms with Crippen LogP contribution >= 0.6 is 0 Å². The average molecular weight is 597 g/mol. The zero-order valence-corrected chi connectivity index (χ0v) is 26.5. The van der Waals surface area contributed by atoms with Crippen molar-refractivity contribution in [2.24, 2.45) is 0 Å². The first-order chi connectivity index (χ1) is 23.1. The van der Waals surface area contributed by atoms with Crippen molar-refractivity contribution >= 4 is 53.9 Å². The van der Waals surface area contributed by atoms with Gasteiger partial charge in [-0.2, -0.15) is 0 Å². The molecule has 0 N–H and O–H groups in total. The Bertz CT molecular complexity index is 2690. The predicted octanol–water partition coefficient (Wildman–Crippen LogP) is 13.1. The molecule has 0 saturated carbocycles. The van der Waals surface area contributed by atoms with Crippen molar-refractivity contribution in [2.45, 2.75) is 19.3 Å². The number of benzene rings is 9. The molecule has 0 aromatic heterocycles. The van der Waals surface area contributed by atoms with Crippen LogP contribution in [0.5, 0.6) is 0 Å². The molecule has 0 atom stereocenters. The van der Waals surface area contributed by atoms with Crippen LogP contribution in [0.25, 0.3) is 87.2 Å². The van der Waals surface area contributed by atoms with E-state index in [0.29, 0.717) is 0 Å². The van der Waals surface area contributed by atoms with Gasteiger partial charge in [-0.1, -0.05) is 147 Å². The van der Waals surface area contributed by atoms with Crippen LogP contribution in [0, 0.1) is 0 Å². The molecular weight excluding hydrogens is 565 g/mol. The summed E-state index contributed by atoms with van der Waals surface area (Å²) in [5.74, 6) is 0. The molecule has 0 spiro atoms. The standard InChI is InChI=1S/C47H32/c1-47(2)44-26-31(29-19-21-30(22-20-29)46-34-13-5-3-11-32(34)25-33-12-4-6-14-35(33)46)23-24-40(44)43-27-41-38-17-9-7-15-36(38)37-16-8-10-18-39(37)42(41)28-45(43)47/h3-28H,1-2H3. The van der Waals surface area contributed by atoms with Gasteiger partial charge in [0.15, 0.2) is 0 Å². The fraction of sp³-hybridized carbons (Fsp3) is 0.0638. The highest BCUT2D eigenvalue weighted by Gasteiger charge is 2.36. The molecule has 220 valence electrons. The number of rotatable bonds is 2. The van der Waals surface area contributed by atoms with E-state index in [0.717, 1.165) is 0 Å².